The molecule has 0 aliphatic carbocycles. The van der Waals surface area contributed by atoms with E-state index in [-0.39, 0.29) is 5.75 Å². The molecule has 5 N–H and O–H groups in total. The van der Waals surface area contributed by atoms with E-state index in [0.717, 1.165) is 0 Å². The number of imide groups is 1. The summed E-state index contributed by atoms with van der Waals surface area (Å²) < 4.78 is 0. The summed E-state index contributed by atoms with van der Waals surface area (Å²) in [6, 6.07) is -1.01. The van der Waals surface area contributed by atoms with Crippen LogP contribution in [0.15, 0.2) is 0 Å². The molecule has 15 heavy (non-hydrogen) atoms. The van der Waals surface area contributed by atoms with Crippen molar-refractivity contribution in [2.45, 2.75) is 6.04 Å². The molecule has 1 unspecified atom stereocenters. The second-order valence-corrected chi connectivity index (χ2v) is 3.07. The van der Waals surface area contributed by atoms with Crippen LogP contribution in [0.4, 0.5) is 0 Å². The van der Waals surface area contributed by atoms with E-state index in [2.05, 4.69) is 12.6 Å². The number of nitrogens with two attached hydrogens (primary N) is 2. The van der Waals surface area contributed by atoms with Gasteiger partial charge in [-0.1, -0.05) is 0 Å². The molecule has 0 saturated heterocycles. The first-order valence-corrected chi connectivity index (χ1v) is 4.69. The number of carbonyl (C=O) groups is 3. The average molecular weight is 235 g/mol. The van der Waals surface area contributed by atoms with E-state index in [1.165, 1.54) is 0 Å². The Balaban J connectivity index is 4.69. The first-order valence-electron chi connectivity index (χ1n) is 4.06. The number of rotatable bonds is 5. The molecule has 0 fully saturated rings. The SMILES string of the molecule is NCC(=O)N(CC(=O)O)C(=O)C(N)CS. The fourth-order valence-electron chi connectivity index (χ4n) is 0.813. The van der Waals surface area contributed by atoms with Gasteiger partial charge in [0.1, 0.15) is 6.54 Å². The lowest BCUT2D eigenvalue weighted by Gasteiger charge is -2.20. The van der Waals surface area contributed by atoms with Crippen LogP contribution in [-0.2, 0) is 14.4 Å². The van der Waals surface area contributed by atoms with Gasteiger partial charge in [-0.2, -0.15) is 12.6 Å². The molecule has 0 aromatic rings. The summed E-state index contributed by atoms with van der Waals surface area (Å²) in [7, 11) is 0. The molecular formula is C7H13N3O4S. The molecule has 2 amide bonds. The van der Waals surface area contributed by atoms with Gasteiger partial charge in [0.2, 0.25) is 11.8 Å². The summed E-state index contributed by atoms with van der Waals surface area (Å²) >= 11 is 3.78. The van der Waals surface area contributed by atoms with Crippen molar-refractivity contribution in [3.8, 4) is 0 Å². The number of hydrogen-bond acceptors (Lipinski definition) is 6. The number of hydrogen-bond donors (Lipinski definition) is 4. The molecule has 0 radical (unpaired) electrons. The van der Waals surface area contributed by atoms with Crippen molar-refractivity contribution in [3.05, 3.63) is 0 Å². The van der Waals surface area contributed by atoms with Crippen molar-refractivity contribution in [1.29, 1.82) is 0 Å². The lowest BCUT2D eigenvalue weighted by molar-refractivity contribution is -0.152. The van der Waals surface area contributed by atoms with Gasteiger partial charge < -0.3 is 16.6 Å². The van der Waals surface area contributed by atoms with Crippen molar-refractivity contribution >= 4 is 30.4 Å². The highest BCUT2D eigenvalue weighted by molar-refractivity contribution is 7.80. The predicted octanol–water partition coefficient (Wildman–Crippen LogP) is -2.36. The minimum absolute atomic E-state index is 0.0206. The fraction of sp³-hybridized carbons (Fsp3) is 0.571. The van der Waals surface area contributed by atoms with E-state index >= 15 is 0 Å². The molecule has 7 nitrogen and oxygen atoms in total. The third-order valence-electron chi connectivity index (χ3n) is 1.55. The number of thiol groups is 1. The van der Waals surface area contributed by atoms with Gasteiger partial charge in [0.05, 0.1) is 12.6 Å². The third-order valence-corrected chi connectivity index (χ3v) is 1.94. The van der Waals surface area contributed by atoms with Gasteiger partial charge in [-0.15, -0.1) is 0 Å². The minimum Gasteiger partial charge on any atom is -0.480 e. The molecule has 0 aliphatic rings. The van der Waals surface area contributed by atoms with E-state index in [1.54, 1.807) is 0 Å². The monoisotopic (exact) mass is 235 g/mol. The lowest BCUT2D eigenvalue weighted by atomic mass is 10.3. The largest absolute Gasteiger partial charge is 0.480 e. The van der Waals surface area contributed by atoms with E-state index in [0.29, 0.717) is 4.90 Å². The molecule has 0 bridgehead atoms. The van der Waals surface area contributed by atoms with Gasteiger partial charge >= 0.3 is 5.97 Å². The molecule has 0 aromatic carbocycles. The number of carboxylic acids is 1. The zero-order chi connectivity index (χ0) is 12.0. The second kappa shape index (κ2) is 6.38. The third kappa shape index (κ3) is 4.28. The van der Waals surface area contributed by atoms with Crippen molar-refractivity contribution < 1.29 is 19.5 Å². The molecule has 0 spiro atoms. The van der Waals surface area contributed by atoms with Crippen molar-refractivity contribution in [2.24, 2.45) is 11.5 Å². The van der Waals surface area contributed by atoms with Crippen LogP contribution in [0.25, 0.3) is 0 Å². The Labute approximate surface area is 91.8 Å². The molecule has 0 heterocycles. The van der Waals surface area contributed by atoms with Gasteiger partial charge in [0.15, 0.2) is 0 Å². The highest BCUT2D eigenvalue weighted by Gasteiger charge is 2.26. The summed E-state index contributed by atoms with van der Waals surface area (Å²) in [5.74, 6) is -2.86. The molecule has 86 valence electrons. The fourth-order valence-corrected chi connectivity index (χ4v) is 0.969. The smallest absolute Gasteiger partial charge is 0.323 e. The maximum absolute atomic E-state index is 11.4. The number of carbonyl (C=O) groups excluding carboxylic acids is 2. The predicted molar refractivity (Wildman–Crippen MR) is 55.2 cm³/mol. The highest BCUT2D eigenvalue weighted by Crippen LogP contribution is 1.96. The van der Waals surface area contributed by atoms with Crippen LogP contribution in [0.2, 0.25) is 0 Å². The van der Waals surface area contributed by atoms with Gasteiger partial charge in [-0.25, -0.2) is 0 Å². The maximum atomic E-state index is 11.4. The van der Waals surface area contributed by atoms with Gasteiger partial charge in [-0.05, 0) is 0 Å². The molecule has 0 saturated carbocycles. The van der Waals surface area contributed by atoms with E-state index in [1.807, 2.05) is 0 Å². The Bertz CT molecular complexity index is 271. The average Bonchev–Trinajstić information content (AvgIpc) is 2.22. The standard InChI is InChI=1S/C7H13N3O4S/c8-1-5(11)10(2-6(12)13)7(14)4(9)3-15/h4,15H,1-3,8-9H2,(H,12,13). The van der Waals surface area contributed by atoms with Gasteiger partial charge in [-0.3, -0.25) is 19.3 Å². The Morgan fingerprint density at radius 1 is 1.40 bits per heavy atom. The minimum atomic E-state index is -1.31. The second-order valence-electron chi connectivity index (χ2n) is 2.71. The van der Waals surface area contributed by atoms with Crippen molar-refractivity contribution in [3.63, 3.8) is 0 Å². The number of carboxylic acid groups (broad SMARTS) is 1. The summed E-state index contributed by atoms with van der Waals surface area (Å²) in [6.07, 6.45) is 0. The summed E-state index contributed by atoms with van der Waals surface area (Å²) in [6.45, 7) is -1.19. The molecule has 8 heteroatoms. The Kier molecular flexibility index (Phi) is 5.90. The lowest BCUT2D eigenvalue weighted by Crippen LogP contribution is -2.51. The topological polar surface area (TPSA) is 127 Å². The van der Waals surface area contributed by atoms with Crippen LogP contribution in [0, 0.1) is 0 Å². The van der Waals surface area contributed by atoms with Crippen LogP contribution in [0.3, 0.4) is 0 Å². The van der Waals surface area contributed by atoms with E-state index in [4.69, 9.17) is 16.6 Å². The number of aliphatic carboxylic acids is 1. The van der Waals surface area contributed by atoms with E-state index < -0.39 is 36.9 Å². The number of amides is 2. The summed E-state index contributed by atoms with van der Waals surface area (Å²) in [5.41, 5.74) is 10.4. The number of nitrogens with zero attached hydrogens (tertiary/aromatic N) is 1. The Hall–Kier alpha value is -1.12. The molecule has 1 atom stereocenters. The molecule has 0 rings (SSSR count). The van der Waals surface area contributed by atoms with Crippen LogP contribution in [0.1, 0.15) is 0 Å². The Morgan fingerprint density at radius 3 is 2.27 bits per heavy atom. The first-order chi connectivity index (χ1) is 6.93. The zero-order valence-electron chi connectivity index (χ0n) is 7.92. The van der Waals surface area contributed by atoms with Gasteiger partial charge in [0.25, 0.3) is 0 Å². The van der Waals surface area contributed by atoms with Crippen LogP contribution >= 0.6 is 12.6 Å². The highest BCUT2D eigenvalue weighted by atomic mass is 32.1. The summed E-state index contributed by atoms with van der Waals surface area (Å²) in [5, 5.41) is 8.48. The zero-order valence-corrected chi connectivity index (χ0v) is 8.81. The molecule has 0 aliphatic heterocycles. The first kappa shape index (κ1) is 13.9. The van der Waals surface area contributed by atoms with E-state index in [9.17, 15) is 14.4 Å². The van der Waals surface area contributed by atoms with Crippen LogP contribution in [-0.4, -0.2) is 52.7 Å². The molecular weight excluding hydrogens is 222 g/mol. The molecule has 0 aromatic heterocycles. The van der Waals surface area contributed by atoms with Crippen LogP contribution < -0.4 is 11.5 Å². The maximum Gasteiger partial charge on any atom is 0.323 e. The quantitative estimate of drug-likeness (QED) is 0.395. The summed E-state index contributed by atoms with van der Waals surface area (Å²) in [4.78, 5) is 33.5. The van der Waals surface area contributed by atoms with Crippen molar-refractivity contribution in [1.82, 2.24) is 4.90 Å². The normalized spacial score (nSPS) is 11.9. The van der Waals surface area contributed by atoms with Gasteiger partial charge in [0, 0.05) is 5.75 Å². The van der Waals surface area contributed by atoms with Crippen LogP contribution in [0.5, 0.6) is 0 Å². The Morgan fingerprint density at radius 2 is 1.93 bits per heavy atom. The van der Waals surface area contributed by atoms with Crippen molar-refractivity contribution in [2.75, 3.05) is 18.8 Å².